The molecule has 3 aromatic rings. The van der Waals surface area contributed by atoms with Crippen LogP contribution >= 0.6 is 0 Å². The number of nitrogens with zero attached hydrogens (tertiary/aromatic N) is 3. The molecule has 0 radical (unpaired) electrons. The van der Waals surface area contributed by atoms with Gasteiger partial charge >= 0.3 is 0 Å². The van der Waals surface area contributed by atoms with E-state index in [0.29, 0.717) is 12.2 Å². The van der Waals surface area contributed by atoms with Crippen LogP contribution in [0, 0.1) is 11.5 Å². The SMILES string of the molecule is C[Si](C)(C)C#Cc1ccc2c(c1)C(c1ccccc1)=NCc1c(C(N)=O)ncn1-2. The van der Waals surface area contributed by atoms with Gasteiger partial charge < -0.3 is 5.73 Å². The molecule has 0 bridgehead atoms. The maximum atomic E-state index is 11.8. The molecule has 1 aromatic heterocycles. The molecule has 2 heterocycles. The molecule has 0 spiro atoms. The van der Waals surface area contributed by atoms with E-state index < -0.39 is 14.0 Å². The first-order chi connectivity index (χ1) is 13.8. The van der Waals surface area contributed by atoms with Gasteiger partial charge in [-0.2, -0.15) is 0 Å². The lowest BCUT2D eigenvalue weighted by Crippen LogP contribution is -2.16. The highest BCUT2D eigenvalue weighted by Gasteiger charge is 2.23. The van der Waals surface area contributed by atoms with Gasteiger partial charge in [-0.3, -0.25) is 14.4 Å². The highest BCUT2D eigenvalue weighted by Crippen LogP contribution is 2.27. The molecule has 4 rings (SSSR count). The van der Waals surface area contributed by atoms with Crippen molar-refractivity contribution in [2.24, 2.45) is 10.7 Å². The Kier molecular flexibility index (Phi) is 4.69. The van der Waals surface area contributed by atoms with Gasteiger partial charge in [-0.25, -0.2) is 4.98 Å². The summed E-state index contributed by atoms with van der Waals surface area (Å²) in [6.07, 6.45) is 1.64. The molecule has 0 saturated carbocycles. The number of aliphatic imine (C=N–C) groups is 1. The van der Waals surface area contributed by atoms with E-state index in [1.807, 2.05) is 47.0 Å². The van der Waals surface area contributed by atoms with Crippen molar-refractivity contribution in [1.29, 1.82) is 0 Å². The molecule has 0 fully saturated rings. The number of amides is 1. The Bertz CT molecular complexity index is 1190. The van der Waals surface area contributed by atoms with Crippen LogP contribution in [0.1, 0.15) is 32.9 Å². The molecule has 6 heteroatoms. The van der Waals surface area contributed by atoms with Crippen LogP contribution in [0.25, 0.3) is 5.69 Å². The van der Waals surface area contributed by atoms with Crippen LogP contribution in [0.4, 0.5) is 0 Å². The Morgan fingerprint density at radius 3 is 2.59 bits per heavy atom. The zero-order valence-electron chi connectivity index (χ0n) is 16.7. The Morgan fingerprint density at radius 2 is 1.90 bits per heavy atom. The van der Waals surface area contributed by atoms with Crippen LogP contribution in [0.15, 0.2) is 59.9 Å². The molecule has 0 unspecified atom stereocenters. The quantitative estimate of drug-likeness (QED) is 0.530. The van der Waals surface area contributed by atoms with E-state index in [-0.39, 0.29) is 5.69 Å². The smallest absolute Gasteiger partial charge is 0.269 e. The first-order valence-electron chi connectivity index (χ1n) is 9.47. The van der Waals surface area contributed by atoms with Gasteiger partial charge in [0.1, 0.15) is 14.4 Å². The molecule has 0 atom stereocenters. The predicted octanol–water partition coefficient (Wildman–Crippen LogP) is 3.55. The van der Waals surface area contributed by atoms with Crippen molar-refractivity contribution in [1.82, 2.24) is 9.55 Å². The number of imidazole rings is 1. The Morgan fingerprint density at radius 1 is 1.14 bits per heavy atom. The Hall–Kier alpha value is -3.43. The fraction of sp³-hybridized carbons (Fsp3) is 0.174. The Balaban J connectivity index is 1.94. The van der Waals surface area contributed by atoms with Gasteiger partial charge in [0, 0.05) is 16.7 Å². The van der Waals surface area contributed by atoms with E-state index in [2.05, 4.69) is 42.2 Å². The van der Waals surface area contributed by atoms with Crippen molar-refractivity contribution in [2.75, 3.05) is 0 Å². The van der Waals surface area contributed by atoms with Crippen LogP contribution in [-0.4, -0.2) is 29.2 Å². The fourth-order valence-corrected chi connectivity index (χ4v) is 3.81. The zero-order chi connectivity index (χ0) is 20.6. The highest BCUT2D eigenvalue weighted by atomic mass is 28.3. The monoisotopic (exact) mass is 398 g/mol. The normalized spacial score (nSPS) is 12.7. The van der Waals surface area contributed by atoms with Crippen LogP contribution in [0.2, 0.25) is 19.6 Å². The van der Waals surface area contributed by atoms with E-state index in [1.54, 1.807) is 6.33 Å². The number of aromatic nitrogens is 2. The molecule has 0 aliphatic carbocycles. The second-order valence-corrected chi connectivity index (χ2v) is 12.8. The second-order valence-electron chi connectivity index (χ2n) is 8.04. The largest absolute Gasteiger partial charge is 0.364 e. The van der Waals surface area contributed by atoms with Gasteiger partial charge in [0.15, 0.2) is 5.69 Å². The van der Waals surface area contributed by atoms with Gasteiger partial charge in [-0.15, -0.1) is 5.54 Å². The van der Waals surface area contributed by atoms with Crippen LogP contribution < -0.4 is 5.73 Å². The second kappa shape index (κ2) is 7.19. The van der Waals surface area contributed by atoms with E-state index in [9.17, 15) is 4.79 Å². The summed E-state index contributed by atoms with van der Waals surface area (Å²) in [4.78, 5) is 20.9. The first kappa shape index (κ1) is 18.9. The molecule has 2 N–H and O–H groups in total. The maximum Gasteiger partial charge on any atom is 0.269 e. The third-order valence-corrected chi connectivity index (χ3v) is 5.50. The summed E-state index contributed by atoms with van der Waals surface area (Å²) in [5, 5.41) is 0. The van der Waals surface area contributed by atoms with Crippen molar-refractivity contribution in [3.63, 3.8) is 0 Å². The topological polar surface area (TPSA) is 73.3 Å². The number of carbonyl (C=O) groups is 1. The lowest BCUT2D eigenvalue weighted by atomic mass is 9.98. The van der Waals surface area contributed by atoms with Gasteiger partial charge in [0.2, 0.25) is 0 Å². The molecule has 0 saturated heterocycles. The molecule has 1 amide bonds. The van der Waals surface area contributed by atoms with Crippen molar-refractivity contribution < 1.29 is 4.79 Å². The molecule has 1 aliphatic rings. The lowest BCUT2D eigenvalue weighted by Gasteiger charge is -2.12. The van der Waals surface area contributed by atoms with Crippen molar-refractivity contribution in [3.05, 3.63) is 82.9 Å². The molecule has 1 aliphatic heterocycles. The first-order valence-corrected chi connectivity index (χ1v) is 13.0. The maximum absolute atomic E-state index is 11.8. The van der Waals surface area contributed by atoms with Crippen LogP contribution in [0.3, 0.4) is 0 Å². The van der Waals surface area contributed by atoms with Crippen LogP contribution in [-0.2, 0) is 6.54 Å². The van der Waals surface area contributed by atoms with E-state index >= 15 is 0 Å². The summed E-state index contributed by atoms with van der Waals surface area (Å²) in [5.41, 5.74) is 14.6. The number of fused-ring (bicyclic) bond motifs is 3. The molecule has 5 nitrogen and oxygen atoms in total. The fourth-order valence-electron chi connectivity index (χ4n) is 3.29. The number of primary amides is 1. The Labute approximate surface area is 171 Å². The van der Waals surface area contributed by atoms with Crippen molar-refractivity contribution in [2.45, 2.75) is 26.2 Å². The van der Waals surface area contributed by atoms with E-state index in [4.69, 9.17) is 10.7 Å². The number of hydrogen-bond acceptors (Lipinski definition) is 3. The molecule has 29 heavy (non-hydrogen) atoms. The van der Waals surface area contributed by atoms with Crippen molar-refractivity contribution in [3.8, 4) is 17.2 Å². The summed E-state index contributed by atoms with van der Waals surface area (Å²) >= 11 is 0. The minimum Gasteiger partial charge on any atom is -0.364 e. The zero-order valence-corrected chi connectivity index (χ0v) is 17.7. The minimum atomic E-state index is -1.49. The summed E-state index contributed by atoms with van der Waals surface area (Å²) in [5.74, 6) is 2.79. The number of nitrogens with two attached hydrogens (primary N) is 1. The number of carbonyl (C=O) groups excluding carboxylic acids is 1. The minimum absolute atomic E-state index is 0.261. The van der Waals surface area contributed by atoms with Crippen molar-refractivity contribution >= 4 is 19.7 Å². The lowest BCUT2D eigenvalue weighted by molar-refractivity contribution is 0.0995. The van der Waals surface area contributed by atoms with Crippen LogP contribution in [0.5, 0.6) is 0 Å². The summed E-state index contributed by atoms with van der Waals surface area (Å²) in [7, 11) is -1.49. The molecule has 144 valence electrons. The third-order valence-electron chi connectivity index (χ3n) is 4.63. The average molecular weight is 399 g/mol. The number of benzene rings is 2. The third kappa shape index (κ3) is 3.78. The average Bonchev–Trinajstić information content (AvgIpc) is 3.04. The standard InChI is InChI=1S/C23H22N4OSi/c1-29(2,3)12-11-16-9-10-19-18(13-16)21(17-7-5-4-6-8-17)25-14-20-22(23(24)28)26-15-27(19)20/h4-10,13,15H,14H2,1-3H3,(H2,24,28). The van der Waals surface area contributed by atoms with Gasteiger partial charge in [-0.05, 0) is 18.2 Å². The molecular weight excluding hydrogens is 376 g/mol. The molecule has 2 aromatic carbocycles. The number of hydrogen-bond donors (Lipinski definition) is 1. The van der Waals surface area contributed by atoms with Gasteiger partial charge in [0.25, 0.3) is 5.91 Å². The van der Waals surface area contributed by atoms with E-state index in [0.717, 1.165) is 28.1 Å². The summed E-state index contributed by atoms with van der Waals surface area (Å²) in [6, 6.07) is 16.1. The summed E-state index contributed by atoms with van der Waals surface area (Å²) in [6.45, 7) is 7.00. The van der Waals surface area contributed by atoms with Gasteiger partial charge in [0.05, 0.1) is 23.6 Å². The predicted molar refractivity (Wildman–Crippen MR) is 118 cm³/mol. The molecular formula is C23H22N4OSi. The summed E-state index contributed by atoms with van der Waals surface area (Å²) < 4.78 is 1.91. The van der Waals surface area contributed by atoms with Gasteiger partial charge in [-0.1, -0.05) is 55.9 Å². The number of rotatable bonds is 2. The highest BCUT2D eigenvalue weighted by molar-refractivity contribution is 6.83. The van der Waals surface area contributed by atoms with E-state index in [1.165, 1.54) is 0 Å².